The molecule has 5 nitrogen and oxygen atoms in total. The molecule has 0 saturated heterocycles. The number of aryl methyl sites for hydroxylation is 1. The minimum Gasteiger partial charge on any atom is -0.443 e. The summed E-state index contributed by atoms with van der Waals surface area (Å²) in [6, 6.07) is 5.87. The van der Waals surface area contributed by atoms with E-state index in [4.69, 9.17) is 4.74 Å². The second-order valence-corrected chi connectivity index (χ2v) is 10.4. The van der Waals surface area contributed by atoms with Gasteiger partial charge in [0.15, 0.2) is 0 Å². The van der Waals surface area contributed by atoms with E-state index >= 15 is 0 Å². The van der Waals surface area contributed by atoms with E-state index < -0.39 is 53.7 Å². The molecule has 0 N–H and O–H groups in total. The normalized spacial score (nSPS) is 16.5. The van der Waals surface area contributed by atoms with Gasteiger partial charge in [-0.1, -0.05) is 12.1 Å². The number of benzene rings is 2. The van der Waals surface area contributed by atoms with Crippen molar-refractivity contribution in [2.75, 3.05) is 11.4 Å². The van der Waals surface area contributed by atoms with Crippen LogP contribution in [-0.4, -0.2) is 29.0 Å². The zero-order valence-electron chi connectivity index (χ0n) is 21.8. The third kappa shape index (κ3) is 6.99. The fourth-order valence-corrected chi connectivity index (χ4v) is 4.47. The number of amides is 2. The van der Waals surface area contributed by atoms with Crippen LogP contribution in [0.5, 0.6) is 0 Å². The summed E-state index contributed by atoms with van der Waals surface area (Å²) in [4.78, 5) is 28.5. The molecule has 3 rings (SSSR count). The van der Waals surface area contributed by atoms with Crippen molar-refractivity contribution in [1.29, 1.82) is 0 Å². The first kappa shape index (κ1) is 29.3. The maximum Gasteiger partial charge on any atom is 0.416 e. The third-order valence-corrected chi connectivity index (χ3v) is 6.09. The Morgan fingerprint density at radius 1 is 0.974 bits per heavy atom. The molecule has 1 unspecified atom stereocenters. The topological polar surface area (TPSA) is 49.9 Å². The minimum atomic E-state index is -5.00. The van der Waals surface area contributed by atoms with Crippen LogP contribution in [0.2, 0.25) is 0 Å². The Kier molecular flexibility index (Phi) is 8.10. The average molecular weight is 545 g/mol. The number of hydrogen-bond donors (Lipinski definition) is 0. The highest BCUT2D eigenvalue weighted by Gasteiger charge is 2.38. The molecule has 0 fully saturated rings. The Balaban J connectivity index is 2.08. The summed E-state index contributed by atoms with van der Waals surface area (Å²) in [7, 11) is 0. The lowest BCUT2D eigenvalue weighted by Gasteiger charge is -2.33. The van der Waals surface area contributed by atoms with E-state index in [0.29, 0.717) is 36.2 Å². The van der Waals surface area contributed by atoms with Crippen LogP contribution < -0.4 is 4.90 Å². The zero-order valence-corrected chi connectivity index (χ0v) is 21.8. The number of ether oxygens (including phenoxy) is 1. The quantitative estimate of drug-likeness (QED) is 0.373. The van der Waals surface area contributed by atoms with Crippen molar-refractivity contribution in [3.05, 3.63) is 64.2 Å². The number of carbonyl (C=O) groups is 2. The Hall–Kier alpha value is -3.24. The number of hydrogen-bond acceptors (Lipinski definition) is 3. The van der Waals surface area contributed by atoms with Crippen LogP contribution in [0.3, 0.4) is 0 Å². The predicted octanol–water partition coefficient (Wildman–Crippen LogP) is 7.66. The number of nitrogens with zero attached hydrogens (tertiary/aromatic N) is 2. The van der Waals surface area contributed by atoms with E-state index in [1.807, 2.05) is 6.92 Å². The molecule has 1 aliphatic heterocycles. The molecule has 208 valence electrons. The van der Waals surface area contributed by atoms with Crippen molar-refractivity contribution in [3.8, 4) is 0 Å². The fourth-order valence-electron chi connectivity index (χ4n) is 4.47. The molecule has 1 atom stereocenters. The molecule has 0 radical (unpaired) electrons. The highest BCUT2D eigenvalue weighted by Crippen LogP contribution is 2.40. The summed E-state index contributed by atoms with van der Waals surface area (Å²) < 4.78 is 86.0. The first-order valence-corrected chi connectivity index (χ1v) is 12.0. The Morgan fingerprint density at radius 3 is 2.05 bits per heavy atom. The molecule has 38 heavy (non-hydrogen) atoms. The van der Waals surface area contributed by atoms with Gasteiger partial charge in [-0.15, -0.1) is 0 Å². The van der Waals surface area contributed by atoms with E-state index in [0.717, 1.165) is 5.56 Å². The monoisotopic (exact) mass is 544 g/mol. The van der Waals surface area contributed by atoms with Crippen molar-refractivity contribution in [1.82, 2.24) is 4.90 Å². The molecule has 0 aromatic heterocycles. The summed E-state index contributed by atoms with van der Waals surface area (Å²) in [5.74, 6) is -0.529. The van der Waals surface area contributed by atoms with E-state index in [-0.39, 0.29) is 18.2 Å². The van der Waals surface area contributed by atoms with Crippen molar-refractivity contribution in [2.45, 2.75) is 78.0 Å². The lowest BCUT2D eigenvalue weighted by molar-refractivity contribution is -0.143. The van der Waals surface area contributed by atoms with Gasteiger partial charge in [0.2, 0.25) is 5.91 Å². The van der Waals surface area contributed by atoms with Gasteiger partial charge in [-0.05, 0) is 81.5 Å². The smallest absolute Gasteiger partial charge is 0.416 e. The number of anilines is 1. The standard InChI is InChI=1S/C27H30F6N2O3/c1-16-8-9-21-22(7-6-10-34(23(21)11-16)24(37)38-25(3,4)5)35(17(2)36)15-18-12-19(26(28,29)30)14-20(13-18)27(31,32)33/h8-9,11-14,22H,6-7,10,15H2,1-5H3. The van der Waals surface area contributed by atoms with Gasteiger partial charge in [0.1, 0.15) is 5.60 Å². The van der Waals surface area contributed by atoms with Gasteiger partial charge in [-0.3, -0.25) is 9.69 Å². The summed E-state index contributed by atoms with van der Waals surface area (Å²) in [6.45, 7) is 7.99. The number of rotatable bonds is 3. The molecule has 2 aromatic rings. The average Bonchev–Trinajstić information content (AvgIpc) is 2.94. The number of fused-ring (bicyclic) bond motifs is 1. The van der Waals surface area contributed by atoms with E-state index in [1.165, 1.54) is 16.7 Å². The molecule has 0 spiro atoms. The maximum absolute atomic E-state index is 13.4. The largest absolute Gasteiger partial charge is 0.443 e. The number of carbonyl (C=O) groups excluding carboxylic acids is 2. The zero-order chi connectivity index (χ0) is 28.6. The molecule has 2 aromatic carbocycles. The number of alkyl halides is 6. The molecule has 0 aliphatic carbocycles. The molecule has 0 bridgehead atoms. The van der Waals surface area contributed by atoms with Crippen LogP contribution in [0, 0.1) is 6.92 Å². The highest BCUT2D eigenvalue weighted by molar-refractivity contribution is 5.89. The van der Waals surface area contributed by atoms with Gasteiger partial charge in [0.25, 0.3) is 0 Å². The first-order chi connectivity index (χ1) is 17.4. The second-order valence-electron chi connectivity index (χ2n) is 10.4. The van der Waals surface area contributed by atoms with Crippen LogP contribution in [0.15, 0.2) is 36.4 Å². The van der Waals surface area contributed by atoms with Gasteiger partial charge in [-0.25, -0.2) is 4.79 Å². The van der Waals surface area contributed by atoms with Crippen molar-refractivity contribution < 1.29 is 40.7 Å². The molecule has 1 heterocycles. The lowest BCUT2D eigenvalue weighted by Crippen LogP contribution is -2.37. The Bertz CT molecular complexity index is 1170. The van der Waals surface area contributed by atoms with Gasteiger partial charge in [0.05, 0.1) is 22.9 Å². The summed E-state index contributed by atoms with van der Waals surface area (Å²) in [5, 5.41) is 0. The lowest BCUT2D eigenvalue weighted by atomic mass is 9.97. The van der Waals surface area contributed by atoms with Crippen LogP contribution in [0.25, 0.3) is 0 Å². The van der Waals surface area contributed by atoms with Crippen LogP contribution in [-0.2, 0) is 28.4 Å². The Labute approximate surface area is 217 Å². The van der Waals surface area contributed by atoms with Crippen LogP contribution in [0.4, 0.5) is 36.8 Å². The number of halogens is 6. The summed E-state index contributed by atoms with van der Waals surface area (Å²) >= 11 is 0. The fraction of sp³-hybridized carbons (Fsp3) is 0.481. The molecule has 2 amide bonds. The van der Waals surface area contributed by atoms with Crippen LogP contribution in [0.1, 0.15) is 74.4 Å². The molecule has 0 saturated carbocycles. The SMILES string of the molecule is CC(=O)N(Cc1cc(C(F)(F)F)cc(C(F)(F)F)c1)C1CCCN(C(=O)OC(C)(C)C)c2cc(C)ccc21. The molecular weight excluding hydrogens is 514 g/mol. The summed E-state index contributed by atoms with van der Waals surface area (Å²) in [6.07, 6.45) is -9.85. The van der Waals surface area contributed by atoms with Gasteiger partial charge < -0.3 is 9.64 Å². The van der Waals surface area contributed by atoms with Crippen molar-refractivity contribution in [2.24, 2.45) is 0 Å². The van der Waals surface area contributed by atoms with E-state index in [9.17, 15) is 35.9 Å². The molecule has 1 aliphatic rings. The molecule has 11 heteroatoms. The van der Waals surface area contributed by atoms with Gasteiger partial charge in [-0.2, -0.15) is 26.3 Å². The van der Waals surface area contributed by atoms with Gasteiger partial charge >= 0.3 is 18.4 Å². The van der Waals surface area contributed by atoms with E-state index in [2.05, 4.69) is 0 Å². The highest BCUT2D eigenvalue weighted by atomic mass is 19.4. The van der Waals surface area contributed by atoms with Crippen molar-refractivity contribution >= 4 is 17.7 Å². The predicted molar refractivity (Wildman–Crippen MR) is 129 cm³/mol. The summed E-state index contributed by atoms with van der Waals surface area (Å²) in [5.41, 5.74) is -2.11. The molecular formula is C27H30F6N2O3. The second kappa shape index (κ2) is 10.5. The van der Waals surface area contributed by atoms with E-state index in [1.54, 1.807) is 39.0 Å². The first-order valence-electron chi connectivity index (χ1n) is 12.0. The minimum absolute atomic E-state index is 0.0596. The van der Waals surface area contributed by atoms with Gasteiger partial charge in [0, 0.05) is 20.0 Å². The maximum atomic E-state index is 13.4. The van der Waals surface area contributed by atoms with Crippen molar-refractivity contribution in [3.63, 3.8) is 0 Å². The Morgan fingerprint density at radius 2 is 1.55 bits per heavy atom. The third-order valence-electron chi connectivity index (χ3n) is 6.09. The van der Waals surface area contributed by atoms with Crippen LogP contribution >= 0.6 is 0 Å².